The molecule has 0 spiro atoms. The number of benzene rings is 1. The van der Waals surface area contributed by atoms with E-state index in [4.69, 9.17) is 5.73 Å². The number of anilines is 1. The first-order chi connectivity index (χ1) is 8.25. The Labute approximate surface area is 106 Å². The average Bonchev–Trinajstić information content (AvgIpc) is 2.76. The molecular weight excluding hydrogens is 280 g/mol. The van der Waals surface area contributed by atoms with Gasteiger partial charge in [0.05, 0.1) is 18.1 Å². The molecule has 0 aliphatic heterocycles. The summed E-state index contributed by atoms with van der Waals surface area (Å²) in [6.07, 6.45) is 5.13. The highest BCUT2D eigenvalue weighted by Gasteiger charge is 2.07. The van der Waals surface area contributed by atoms with Crippen LogP contribution in [0.4, 0.5) is 5.69 Å². The summed E-state index contributed by atoms with van der Waals surface area (Å²) in [7, 11) is 0. The van der Waals surface area contributed by atoms with Crippen LogP contribution in [0.15, 0.2) is 47.3 Å². The largest absolute Gasteiger partial charge is 0.396 e. The fourth-order valence-electron chi connectivity index (χ4n) is 1.79. The maximum absolute atomic E-state index is 5.67. The van der Waals surface area contributed by atoms with E-state index < -0.39 is 0 Å². The molecule has 17 heavy (non-hydrogen) atoms. The number of nitrogens with zero attached hydrogens (tertiary/aromatic N) is 3. The van der Waals surface area contributed by atoms with E-state index in [0.717, 1.165) is 21.1 Å². The van der Waals surface area contributed by atoms with Gasteiger partial charge < -0.3 is 5.73 Å². The minimum atomic E-state index is 0.624. The molecule has 0 saturated heterocycles. The van der Waals surface area contributed by atoms with Gasteiger partial charge in [-0.25, -0.2) is 9.67 Å². The second kappa shape index (κ2) is 3.85. The third kappa shape index (κ3) is 1.68. The molecule has 2 aromatic heterocycles. The van der Waals surface area contributed by atoms with Crippen LogP contribution in [0.2, 0.25) is 0 Å². The number of rotatable bonds is 1. The number of halogens is 1. The monoisotopic (exact) mass is 288 g/mol. The zero-order valence-corrected chi connectivity index (χ0v) is 10.4. The molecule has 4 nitrogen and oxygen atoms in total. The Morgan fingerprint density at radius 1 is 1.18 bits per heavy atom. The molecule has 0 amide bonds. The van der Waals surface area contributed by atoms with Crippen LogP contribution in [-0.2, 0) is 0 Å². The molecule has 1 aromatic carbocycles. The van der Waals surface area contributed by atoms with Crippen LogP contribution < -0.4 is 5.73 Å². The second-order valence-electron chi connectivity index (χ2n) is 3.69. The van der Waals surface area contributed by atoms with Gasteiger partial charge in [0.15, 0.2) is 5.82 Å². The Hall–Kier alpha value is -1.88. The summed E-state index contributed by atoms with van der Waals surface area (Å²) in [5.74, 6) is 0.778. The lowest BCUT2D eigenvalue weighted by molar-refractivity contribution is 0.856. The quantitative estimate of drug-likeness (QED) is 0.749. The minimum Gasteiger partial charge on any atom is -0.396 e. The lowest BCUT2D eigenvalue weighted by Crippen LogP contribution is -1.98. The number of fused-ring (bicyclic) bond motifs is 1. The topological polar surface area (TPSA) is 56.7 Å². The van der Waals surface area contributed by atoms with Gasteiger partial charge in [-0.2, -0.15) is 5.10 Å². The Kier molecular flexibility index (Phi) is 2.33. The van der Waals surface area contributed by atoms with E-state index in [1.165, 1.54) is 0 Å². The van der Waals surface area contributed by atoms with E-state index in [0.29, 0.717) is 5.69 Å². The second-order valence-corrected chi connectivity index (χ2v) is 4.54. The lowest BCUT2D eigenvalue weighted by Gasteiger charge is -2.06. The Morgan fingerprint density at radius 2 is 2.06 bits per heavy atom. The van der Waals surface area contributed by atoms with Gasteiger partial charge in [-0.1, -0.05) is 28.1 Å². The van der Waals surface area contributed by atoms with Gasteiger partial charge in [-0.15, -0.1) is 0 Å². The fraction of sp³-hybridized carbons (Fsp3) is 0. The third-order valence-electron chi connectivity index (χ3n) is 2.55. The number of hydrogen-bond donors (Lipinski definition) is 1. The highest BCUT2D eigenvalue weighted by molar-refractivity contribution is 9.10. The van der Waals surface area contributed by atoms with Crippen LogP contribution in [0.1, 0.15) is 0 Å². The van der Waals surface area contributed by atoms with Crippen molar-refractivity contribution in [2.45, 2.75) is 0 Å². The van der Waals surface area contributed by atoms with Crippen LogP contribution in [-0.4, -0.2) is 14.8 Å². The van der Waals surface area contributed by atoms with Crippen LogP contribution in [0.3, 0.4) is 0 Å². The first kappa shape index (κ1) is 10.3. The van der Waals surface area contributed by atoms with E-state index in [2.05, 4.69) is 26.0 Å². The van der Waals surface area contributed by atoms with Gasteiger partial charge in [-0.05, 0) is 12.1 Å². The molecular formula is C12H9BrN4. The average molecular weight is 289 g/mol. The van der Waals surface area contributed by atoms with Crippen molar-refractivity contribution in [3.8, 4) is 5.82 Å². The lowest BCUT2D eigenvalue weighted by atomic mass is 10.1. The zero-order chi connectivity index (χ0) is 11.8. The molecule has 0 saturated carbocycles. The summed E-state index contributed by atoms with van der Waals surface area (Å²) in [5.41, 5.74) is 6.29. The highest BCUT2D eigenvalue weighted by Crippen LogP contribution is 2.26. The molecule has 5 heteroatoms. The molecule has 0 aliphatic carbocycles. The summed E-state index contributed by atoms with van der Waals surface area (Å²) < 4.78 is 2.73. The molecule has 0 unspecified atom stereocenters. The van der Waals surface area contributed by atoms with Crippen LogP contribution in [0.5, 0.6) is 0 Å². The van der Waals surface area contributed by atoms with Crippen LogP contribution in [0.25, 0.3) is 16.6 Å². The molecule has 0 atom stereocenters. The molecule has 2 N–H and O–H groups in total. The van der Waals surface area contributed by atoms with Gasteiger partial charge >= 0.3 is 0 Å². The Balaban J connectivity index is 2.34. The van der Waals surface area contributed by atoms with Gasteiger partial charge in [0.1, 0.15) is 0 Å². The number of nitrogen functional groups attached to an aromatic ring is 1. The van der Waals surface area contributed by atoms with Gasteiger partial charge in [0.25, 0.3) is 0 Å². The van der Waals surface area contributed by atoms with E-state index in [9.17, 15) is 0 Å². The van der Waals surface area contributed by atoms with Crippen molar-refractivity contribution < 1.29 is 0 Å². The molecule has 0 fully saturated rings. The van der Waals surface area contributed by atoms with Crippen molar-refractivity contribution in [1.82, 2.24) is 14.8 Å². The summed E-state index contributed by atoms with van der Waals surface area (Å²) >= 11 is 3.53. The van der Waals surface area contributed by atoms with Crippen molar-refractivity contribution >= 4 is 32.4 Å². The number of pyridine rings is 1. The van der Waals surface area contributed by atoms with E-state index in [1.807, 2.05) is 24.3 Å². The van der Waals surface area contributed by atoms with Crippen molar-refractivity contribution in [2.75, 3.05) is 5.73 Å². The molecule has 3 rings (SSSR count). The van der Waals surface area contributed by atoms with E-state index in [-0.39, 0.29) is 0 Å². The summed E-state index contributed by atoms with van der Waals surface area (Å²) in [4.78, 5) is 4.36. The number of aromatic nitrogens is 3. The summed E-state index contributed by atoms with van der Waals surface area (Å²) in [6, 6.07) is 7.96. The fourth-order valence-corrected chi connectivity index (χ4v) is 2.29. The van der Waals surface area contributed by atoms with E-state index >= 15 is 0 Å². The van der Waals surface area contributed by atoms with Crippen molar-refractivity contribution in [3.63, 3.8) is 0 Å². The van der Waals surface area contributed by atoms with Gasteiger partial charge in [0.2, 0.25) is 0 Å². The summed E-state index contributed by atoms with van der Waals surface area (Å²) in [5, 5.41) is 6.32. The molecule has 0 aliphatic rings. The molecule has 84 valence electrons. The van der Waals surface area contributed by atoms with Crippen molar-refractivity contribution in [3.05, 3.63) is 47.3 Å². The van der Waals surface area contributed by atoms with E-state index in [1.54, 1.807) is 23.3 Å². The smallest absolute Gasteiger partial charge is 0.161 e. The third-order valence-corrected chi connectivity index (χ3v) is 3.24. The number of nitrogens with two attached hydrogens (primary N) is 1. The predicted molar refractivity (Wildman–Crippen MR) is 71.0 cm³/mol. The molecule has 0 radical (unpaired) electrons. The standard InChI is InChI=1S/C12H9BrN4/c13-11-3-1-2-10-9(11)4-5-15-12(10)17-7-8(14)6-16-17/h1-7H,14H2. The molecule has 3 aromatic rings. The van der Waals surface area contributed by atoms with Crippen molar-refractivity contribution in [1.29, 1.82) is 0 Å². The normalized spacial score (nSPS) is 10.9. The Bertz CT molecular complexity index is 690. The Morgan fingerprint density at radius 3 is 2.82 bits per heavy atom. The zero-order valence-electron chi connectivity index (χ0n) is 8.84. The first-order valence-electron chi connectivity index (χ1n) is 5.09. The number of hydrogen-bond acceptors (Lipinski definition) is 3. The highest BCUT2D eigenvalue weighted by atomic mass is 79.9. The molecule has 2 heterocycles. The van der Waals surface area contributed by atoms with Gasteiger partial charge in [0, 0.05) is 21.4 Å². The summed E-state index contributed by atoms with van der Waals surface area (Å²) in [6.45, 7) is 0. The SMILES string of the molecule is Nc1cnn(-c2nccc3c(Br)cccc23)c1. The van der Waals surface area contributed by atoms with Crippen LogP contribution in [0, 0.1) is 0 Å². The maximum atomic E-state index is 5.67. The van der Waals surface area contributed by atoms with Crippen LogP contribution >= 0.6 is 15.9 Å². The maximum Gasteiger partial charge on any atom is 0.161 e. The van der Waals surface area contributed by atoms with Gasteiger partial charge in [-0.3, -0.25) is 0 Å². The first-order valence-corrected chi connectivity index (χ1v) is 5.89. The predicted octanol–water partition coefficient (Wildman–Crippen LogP) is 2.77. The van der Waals surface area contributed by atoms with Crippen molar-refractivity contribution in [2.24, 2.45) is 0 Å². The molecule has 0 bridgehead atoms. The minimum absolute atomic E-state index is 0.624.